The molecule has 1 aliphatic rings. The van der Waals surface area contributed by atoms with E-state index in [2.05, 4.69) is 5.32 Å². The lowest BCUT2D eigenvalue weighted by Gasteiger charge is -2.20. The Morgan fingerprint density at radius 3 is 2.93 bits per heavy atom. The van der Waals surface area contributed by atoms with Gasteiger partial charge in [-0.15, -0.1) is 0 Å². The van der Waals surface area contributed by atoms with Gasteiger partial charge in [-0.25, -0.2) is 8.42 Å². The third-order valence-electron chi connectivity index (χ3n) is 2.50. The monoisotopic (exact) mass is 211 g/mol. The highest BCUT2D eigenvalue weighted by molar-refractivity contribution is 7.91. The van der Waals surface area contributed by atoms with Gasteiger partial charge in [0.2, 0.25) is 0 Å². The highest BCUT2D eigenvalue weighted by atomic mass is 32.2. The van der Waals surface area contributed by atoms with Crippen molar-refractivity contribution in [2.45, 2.75) is 18.2 Å². The molecule has 0 amide bonds. The maximum atomic E-state index is 11.7. The van der Waals surface area contributed by atoms with Gasteiger partial charge in [0.15, 0.2) is 9.84 Å². The highest BCUT2D eigenvalue weighted by Gasteiger charge is 2.24. The van der Waals surface area contributed by atoms with Crippen LogP contribution in [0.3, 0.4) is 0 Å². The fraction of sp³-hybridized carbons (Fsp3) is 0.400. The fourth-order valence-electron chi connectivity index (χ4n) is 1.75. The van der Waals surface area contributed by atoms with Crippen LogP contribution in [0.1, 0.15) is 12.5 Å². The minimum atomic E-state index is -3.04. The zero-order valence-corrected chi connectivity index (χ0v) is 8.89. The third-order valence-corrected chi connectivity index (χ3v) is 4.25. The van der Waals surface area contributed by atoms with Crippen molar-refractivity contribution in [1.82, 2.24) is 0 Å². The van der Waals surface area contributed by atoms with E-state index in [0.29, 0.717) is 11.4 Å². The van der Waals surface area contributed by atoms with Gasteiger partial charge in [-0.2, -0.15) is 0 Å². The normalized spacial score (nSPS) is 18.4. The third kappa shape index (κ3) is 1.39. The number of hydrogen-bond donors (Lipinski definition) is 1. The van der Waals surface area contributed by atoms with Crippen molar-refractivity contribution in [3.63, 3.8) is 0 Å². The maximum Gasteiger partial charge on any atom is 0.182 e. The molecule has 1 aliphatic heterocycles. The first-order valence-corrected chi connectivity index (χ1v) is 6.39. The summed E-state index contributed by atoms with van der Waals surface area (Å²) in [7, 11) is -3.04. The largest absolute Gasteiger partial charge is 0.383 e. The zero-order chi connectivity index (χ0) is 10.2. The van der Waals surface area contributed by atoms with Crippen LogP contribution in [-0.4, -0.2) is 20.7 Å². The summed E-state index contributed by atoms with van der Waals surface area (Å²) >= 11 is 0. The maximum absolute atomic E-state index is 11.7. The summed E-state index contributed by atoms with van der Waals surface area (Å²) in [4.78, 5) is 0.461. The number of nitrogens with one attached hydrogen (secondary N) is 1. The van der Waals surface area contributed by atoms with Gasteiger partial charge in [-0.1, -0.05) is 19.1 Å². The molecular formula is C10H13NO2S. The van der Waals surface area contributed by atoms with Gasteiger partial charge >= 0.3 is 0 Å². The first-order valence-electron chi connectivity index (χ1n) is 4.73. The van der Waals surface area contributed by atoms with E-state index in [4.69, 9.17) is 0 Å². The number of rotatable bonds is 1. The molecule has 0 unspecified atom stereocenters. The standard InChI is InChI=1S/C10H13NO2S/c1-2-8-4-3-5-9-10(8)11-6-7-14(9,12)13/h3-5,11H,2,6-7H2,1H3. The molecule has 0 saturated carbocycles. The summed E-state index contributed by atoms with van der Waals surface area (Å²) in [6.45, 7) is 2.55. The summed E-state index contributed by atoms with van der Waals surface area (Å²) in [6, 6.07) is 5.45. The van der Waals surface area contributed by atoms with Crippen molar-refractivity contribution in [2.75, 3.05) is 17.6 Å². The number of aryl methyl sites for hydroxylation is 1. The number of benzene rings is 1. The predicted molar refractivity (Wildman–Crippen MR) is 56.4 cm³/mol. The Labute approximate surface area is 84.1 Å². The first-order chi connectivity index (χ1) is 6.65. The molecule has 0 aromatic heterocycles. The summed E-state index contributed by atoms with van der Waals surface area (Å²) in [5.41, 5.74) is 1.88. The van der Waals surface area contributed by atoms with Crippen LogP contribution >= 0.6 is 0 Å². The van der Waals surface area contributed by atoms with E-state index in [1.165, 1.54) is 0 Å². The minimum absolute atomic E-state index is 0.202. The van der Waals surface area contributed by atoms with E-state index in [0.717, 1.165) is 17.7 Å². The number of anilines is 1. The van der Waals surface area contributed by atoms with Gasteiger partial charge in [0, 0.05) is 6.54 Å². The molecule has 1 aromatic carbocycles. The molecule has 0 fully saturated rings. The molecule has 1 N–H and O–H groups in total. The topological polar surface area (TPSA) is 46.2 Å². The first kappa shape index (κ1) is 9.52. The lowest BCUT2D eigenvalue weighted by atomic mass is 10.1. The van der Waals surface area contributed by atoms with Crippen molar-refractivity contribution < 1.29 is 8.42 Å². The van der Waals surface area contributed by atoms with Crippen LogP contribution in [0.4, 0.5) is 5.69 Å². The number of fused-ring (bicyclic) bond motifs is 1. The lowest BCUT2D eigenvalue weighted by molar-refractivity contribution is 0.594. The van der Waals surface area contributed by atoms with E-state index in [-0.39, 0.29) is 5.75 Å². The SMILES string of the molecule is CCc1cccc2c1NCCS2(=O)=O. The second kappa shape index (κ2) is 3.28. The van der Waals surface area contributed by atoms with Crippen molar-refractivity contribution in [3.05, 3.63) is 23.8 Å². The van der Waals surface area contributed by atoms with Gasteiger partial charge < -0.3 is 5.32 Å². The number of sulfone groups is 1. The molecule has 0 spiro atoms. The summed E-state index contributed by atoms with van der Waals surface area (Å²) in [6.07, 6.45) is 0.853. The van der Waals surface area contributed by atoms with Crippen molar-refractivity contribution >= 4 is 15.5 Å². The quantitative estimate of drug-likeness (QED) is 0.764. The van der Waals surface area contributed by atoms with Crippen LogP contribution in [-0.2, 0) is 16.3 Å². The zero-order valence-electron chi connectivity index (χ0n) is 8.08. The van der Waals surface area contributed by atoms with E-state index >= 15 is 0 Å². The van der Waals surface area contributed by atoms with Crippen molar-refractivity contribution in [3.8, 4) is 0 Å². The van der Waals surface area contributed by atoms with Crippen molar-refractivity contribution in [2.24, 2.45) is 0 Å². The predicted octanol–water partition coefficient (Wildman–Crippen LogP) is 1.45. The molecule has 0 bridgehead atoms. The number of hydrogen-bond acceptors (Lipinski definition) is 3. The highest BCUT2D eigenvalue weighted by Crippen LogP contribution is 2.29. The summed E-state index contributed by atoms with van der Waals surface area (Å²) < 4.78 is 23.4. The average molecular weight is 211 g/mol. The molecular weight excluding hydrogens is 198 g/mol. The summed E-state index contributed by atoms with van der Waals surface area (Å²) in [5, 5.41) is 3.16. The Kier molecular flexibility index (Phi) is 2.23. The van der Waals surface area contributed by atoms with Crippen LogP contribution in [0.25, 0.3) is 0 Å². The van der Waals surface area contributed by atoms with Crippen molar-refractivity contribution in [1.29, 1.82) is 0 Å². The van der Waals surface area contributed by atoms with Gasteiger partial charge in [0.25, 0.3) is 0 Å². The van der Waals surface area contributed by atoms with Crippen LogP contribution in [0.2, 0.25) is 0 Å². The van der Waals surface area contributed by atoms with Gasteiger partial charge in [-0.05, 0) is 18.1 Å². The van der Waals surface area contributed by atoms with E-state index in [1.807, 2.05) is 19.1 Å². The average Bonchev–Trinajstić information content (AvgIpc) is 2.17. The molecule has 3 nitrogen and oxygen atoms in total. The Bertz CT molecular complexity index is 451. The Balaban J connectivity index is 2.67. The van der Waals surface area contributed by atoms with E-state index < -0.39 is 9.84 Å². The van der Waals surface area contributed by atoms with Crippen LogP contribution < -0.4 is 5.32 Å². The Hall–Kier alpha value is -1.03. The number of para-hydroxylation sites is 1. The molecule has 0 radical (unpaired) electrons. The lowest BCUT2D eigenvalue weighted by Crippen LogP contribution is -2.24. The molecule has 1 aromatic rings. The van der Waals surface area contributed by atoms with Gasteiger partial charge in [0.05, 0.1) is 16.3 Å². The minimum Gasteiger partial charge on any atom is -0.383 e. The second-order valence-electron chi connectivity index (χ2n) is 3.39. The van der Waals surface area contributed by atoms with Gasteiger partial charge in [-0.3, -0.25) is 0 Å². The second-order valence-corrected chi connectivity index (χ2v) is 5.47. The Morgan fingerprint density at radius 1 is 1.43 bits per heavy atom. The van der Waals surface area contributed by atoms with Crippen LogP contribution in [0.15, 0.2) is 23.1 Å². The molecule has 0 saturated heterocycles. The van der Waals surface area contributed by atoms with Crippen LogP contribution in [0.5, 0.6) is 0 Å². The molecule has 2 rings (SSSR count). The molecule has 1 heterocycles. The fourth-order valence-corrected chi connectivity index (χ4v) is 3.14. The summed E-state index contributed by atoms with van der Waals surface area (Å²) in [5.74, 6) is 0.202. The van der Waals surface area contributed by atoms with Crippen LogP contribution in [0, 0.1) is 0 Å². The van der Waals surface area contributed by atoms with Gasteiger partial charge in [0.1, 0.15) is 0 Å². The molecule has 0 aliphatic carbocycles. The molecule has 0 atom stereocenters. The molecule has 4 heteroatoms. The smallest absolute Gasteiger partial charge is 0.182 e. The molecule has 76 valence electrons. The van der Waals surface area contributed by atoms with E-state index in [1.54, 1.807) is 6.07 Å². The molecule has 14 heavy (non-hydrogen) atoms. The Morgan fingerprint density at radius 2 is 2.21 bits per heavy atom. The van der Waals surface area contributed by atoms with E-state index in [9.17, 15) is 8.42 Å².